The van der Waals surface area contributed by atoms with Crippen LogP contribution in [-0.2, 0) is 13.0 Å². The Kier molecular flexibility index (Phi) is 2.98. The smallest absolute Gasteiger partial charge is 0.256 e. The maximum absolute atomic E-state index is 15.0. The van der Waals surface area contributed by atoms with E-state index in [-0.39, 0.29) is 24.9 Å². The van der Waals surface area contributed by atoms with Gasteiger partial charge in [0.1, 0.15) is 17.3 Å². The van der Waals surface area contributed by atoms with Crippen LogP contribution in [0.5, 0.6) is 0 Å². The SMILES string of the molecule is Fc1ccc(-c2nn3c(c2-c2c(F)cnc4[nH]ncc24)C[C@]2(C3)CC2(F)F)nc1. The summed E-state index contributed by atoms with van der Waals surface area (Å²) in [6.45, 7) is 0.0464. The van der Waals surface area contributed by atoms with Crippen molar-refractivity contribution in [2.24, 2.45) is 5.41 Å². The van der Waals surface area contributed by atoms with Crippen LogP contribution in [0.1, 0.15) is 12.1 Å². The molecule has 10 heteroatoms. The lowest BCUT2D eigenvalue weighted by atomic mass is 9.94. The van der Waals surface area contributed by atoms with Gasteiger partial charge in [0.2, 0.25) is 0 Å². The third-order valence-corrected chi connectivity index (χ3v) is 5.88. The number of nitrogens with one attached hydrogen (secondary N) is 1. The fraction of sp³-hybridized carbons (Fsp3) is 0.263. The first-order valence-corrected chi connectivity index (χ1v) is 8.96. The Balaban J connectivity index is 1.63. The first-order chi connectivity index (χ1) is 13.9. The van der Waals surface area contributed by atoms with Crippen molar-refractivity contribution in [3.05, 3.63) is 48.1 Å². The second kappa shape index (κ2) is 5.19. The second-order valence-electron chi connectivity index (χ2n) is 7.64. The molecule has 6 rings (SSSR count). The minimum Gasteiger partial charge on any atom is -0.267 e. The molecule has 4 aromatic heterocycles. The van der Waals surface area contributed by atoms with Gasteiger partial charge in [-0.25, -0.2) is 22.5 Å². The van der Waals surface area contributed by atoms with E-state index in [9.17, 15) is 17.6 Å². The third-order valence-electron chi connectivity index (χ3n) is 5.88. The lowest BCUT2D eigenvalue weighted by molar-refractivity contribution is 0.0630. The molecule has 0 aromatic carbocycles. The molecule has 1 atom stereocenters. The number of aromatic nitrogens is 6. The number of halogens is 4. The standard InChI is InChI=1S/C19H12F4N6/c20-9-1-2-12(24-4-9)16-15(14-10-5-26-27-17(10)25-6-11(14)21)13-3-18(7-19(18,22)23)8-29(13)28-16/h1-2,4-6H,3,7-8H2,(H,25,26,27)/t18-/m1/s1. The number of hydrogen-bond donors (Lipinski definition) is 1. The molecule has 5 heterocycles. The number of nitrogens with zero attached hydrogens (tertiary/aromatic N) is 5. The molecule has 1 aliphatic heterocycles. The Morgan fingerprint density at radius 1 is 1.03 bits per heavy atom. The molecule has 29 heavy (non-hydrogen) atoms. The highest BCUT2D eigenvalue weighted by Gasteiger charge is 2.73. The highest BCUT2D eigenvalue weighted by Crippen LogP contribution is 2.66. The van der Waals surface area contributed by atoms with Crippen molar-refractivity contribution in [3.8, 4) is 22.5 Å². The first-order valence-electron chi connectivity index (χ1n) is 8.96. The molecule has 0 unspecified atom stereocenters. The highest BCUT2D eigenvalue weighted by atomic mass is 19.3. The van der Waals surface area contributed by atoms with Gasteiger partial charge in [0, 0.05) is 35.0 Å². The van der Waals surface area contributed by atoms with Crippen LogP contribution < -0.4 is 0 Å². The molecule has 0 radical (unpaired) electrons. The molecular weight excluding hydrogens is 388 g/mol. The minimum atomic E-state index is -2.76. The summed E-state index contributed by atoms with van der Waals surface area (Å²) in [6, 6.07) is 2.66. The second-order valence-corrected chi connectivity index (χ2v) is 7.64. The molecule has 0 amide bonds. The lowest BCUT2D eigenvalue weighted by Crippen LogP contribution is -2.13. The van der Waals surface area contributed by atoms with E-state index in [4.69, 9.17) is 0 Å². The molecule has 1 saturated carbocycles. The monoisotopic (exact) mass is 400 g/mol. The summed E-state index contributed by atoms with van der Waals surface area (Å²) in [5.74, 6) is -3.91. The summed E-state index contributed by atoms with van der Waals surface area (Å²) in [5, 5.41) is 11.5. The summed E-state index contributed by atoms with van der Waals surface area (Å²) < 4.78 is 57.9. The molecule has 1 N–H and O–H groups in total. The zero-order chi connectivity index (χ0) is 20.0. The van der Waals surface area contributed by atoms with Crippen molar-refractivity contribution < 1.29 is 17.6 Å². The van der Waals surface area contributed by atoms with Gasteiger partial charge in [-0.1, -0.05) is 0 Å². The molecule has 6 nitrogen and oxygen atoms in total. The van der Waals surface area contributed by atoms with E-state index in [2.05, 4.69) is 25.3 Å². The Labute approximate surface area is 160 Å². The summed E-state index contributed by atoms with van der Waals surface area (Å²) >= 11 is 0. The van der Waals surface area contributed by atoms with Crippen LogP contribution in [0, 0.1) is 17.0 Å². The molecule has 0 bridgehead atoms. The highest BCUT2D eigenvalue weighted by molar-refractivity contribution is 5.97. The van der Waals surface area contributed by atoms with Gasteiger partial charge in [0.25, 0.3) is 5.92 Å². The van der Waals surface area contributed by atoms with Crippen molar-refractivity contribution in [3.63, 3.8) is 0 Å². The Morgan fingerprint density at radius 3 is 2.59 bits per heavy atom. The molecule has 4 aromatic rings. The maximum Gasteiger partial charge on any atom is 0.256 e. The van der Waals surface area contributed by atoms with E-state index in [1.165, 1.54) is 23.0 Å². The average Bonchev–Trinajstić information content (AvgIpc) is 3.12. The maximum atomic E-state index is 15.0. The molecule has 1 aliphatic carbocycles. The molecular formula is C19H12F4N6. The first kappa shape index (κ1) is 16.6. The number of rotatable bonds is 2. The van der Waals surface area contributed by atoms with Crippen molar-refractivity contribution in [1.29, 1.82) is 0 Å². The van der Waals surface area contributed by atoms with Gasteiger partial charge in [-0.05, 0) is 12.1 Å². The van der Waals surface area contributed by atoms with Crippen molar-refractivity contribution >= 4 is 11.0 Å². The summed E-state index contributed by atoms with van der Waals surface area (Å²) in [5.41, 5.74) is 0.888. The zero-order valence-electron chi connectivity index (χ0n) is 14.8. The number of fused-ring (bicyclic) bond motifs is 2. The minimum absolute atomic E-state index is 0.0464. The summed E-state index contributed by atoms with van der Waals surface area (Å²) in [7, 11) is 0. The molecule has 1 spiro atoms. The molecule has 0 saturated heterocycles. The predicted molar refractivity (Wildman–Crippen MR) is 94.0 cm³/mol. The lowest BCUT2D eigenvalue weighted by Gasteiger charge is -2.10. The Morgan fingerprint density at radius 2 is 1.86 bits per heavy atom. The molecule has 2 aliphatic rings. The summed E-state index contributed by atoms with van der Waals surface area (Å²) in [6.07, 6.45) is 3.38. The third kappa shape index (κ3) is 2.16. The van der Waals surface area contributed by atoms with Crippen LogP contribution in [0.4, 0.5) is 17.6 Å². The topological polar surface area (TPSA) is 72.3 Å². The number of H-pyrrole nitrogens is 1. The van der Waals surface area contributed by atoms with Crippen LogP contribution in [0.2, 0.25) is 0 Å². The van der Waals surface area contributed by atoms with Crippen molar-refractivity contribution in [1.82, 2.24) is 29.9 Å². The van der Waals surface area contributed by atoms with E-state index in [0.29, 0.717) is 33.7 Å². The quantitative estimate of drug-likeness (QED) is 0.521. The van der Waals surface area contributed by atoms with Crippen LogP contribution in [0.15, 0.2) is 30.7 Å². The molecule has 146 valence electrons. The van der Waals surface area contributed by atoms with E-state index in [1.54, 1.807) is 0 Å². The fourth-order valence-electron chi connectivity index (χ4n) is 4.30. The summed E-state index contributed by atoms with van der Waals surface area (Å²) in [4.78, 5) is 8.04. The largest absolute Gasteiger partial charge is 0.267 e. The van der Waals surface area contributed by atoms with Crippen molar-refractivity contribution in [2.75, 3.05) is 0 Å². The van der Waals surface area contributed by atoms with Gasteiger partial charge in [0.15, 0.2) is 5.65 Å². The normalized spacial score (nSPS) is 21.8. The molecule has 1 fully saturated rings. The van der Waals surface area contributed by atoms with Gasteiger partial charge < -0.3 is 0 Å². The van der Waals surface area contributed by atoms with Gasteiger partial charge in [-0.2, -0.15) is 10.2 Å². The predicted octanol–water partition coefficient (Wildman–Crippen LogP) is 3.74. The van der Waals surface area contributed by atoms with Crippen LogP contribution in [0.3, 0.4) is 0 Å². The van der Waals surface area contributed by atoms with E-state index in [1.807, 2.05) is 0 Å². The van der Waals surface area contributed by atoms with Gasteiger partial charge in [0.05, 0.1) is 36.2 Å². The fourth-order valence-corrected chi connectivity index (χ4v) is 4.30. The van der Waals surface area contributed by atoms with E-state index in [0.717, 1.165) is 12.4 Å². The van der Waals surface area contributed by atoms with Crippen molar-refractivity contribution in [2.45, 2.75) is 25.3 Å². The van der Waals surface area contributed by atoms with Gasteiger partial charge >= 0.3 is 0 Å². The number of pyridine rings is 2. The van der Waals surface area contributed by atoms with Gasteiger partial charge in [-0.3, -0.25) is 14.8 Å². The Hall–Kier alpha value is -3.30. The van der Waals surface area contributed by atoms with E-state index < -0.39 is 23.0 Å². The van der Waals surface area contributed by atoms with E-state index >= 15 is 0 Å². The Bertz CT molecular complexity index is 1290. The average molecular weight is 400 g/mol. The van der Waals surface area contributed by atoms with Crippen LogP contribution in [0.25, 0.3) is 33.5 Å². The number of alkyl halides is 2. The number of aromatic amines is 1. The van der Waals surface area contributed by atoms with Crippen LogP contribution in [-0.4, -0.2) is 35.9 Å². The zero-order valence-corrected chi connectivity index (χ0v) is 14.8. The number of hydrogen-bond acceptors (Lipinski definition) is 4. The van der Waals surface area contributed by atoms with Crippen LogP contribution >= 0.6 is 0 Å². The van der Waals surface area contributed by atoms with Gasteiger partial charge in [-0.15, -0.1) is 0 Å².